The van der Waals surface area contributed by atoms with Crippen molar-refractivity contribution in [2.75, 3.05) is 14.1 Å². The van der Waals surface area contributed by atoms with Crippen molar-refractivity contribution in [3.63, 3.8) is 0 Å². The van der Waals surface area contributed by atoms with E-state index in [9.17, 15) is 0 Å². The van der Waals surface area contributed by atoms with Gasteiger partial charge >= 0.3 is 0 Å². The van der Waals surface area contributed by atoms with Crippen LogP contribution in [0.3, 0.4) is 0 Å². The van der Waals surface area contributed by atoms with Gasteiger partial charge in [-0.2, -0.15) is 0 Å². The lowest BCUT2D eigenvalue weighted by atomic mass is 9.85. The van der Waals surface area contributed by atoms with Crippen molar-refractivity contribution in [2.45, 2.75) is 38.8 Å². The van der Waals surface area contributed by atoms with Crippen LogP contribution in [0.25, 0.3) is 10.9 Å². The van der Waals surface area contributed by atoms with Crippen molar-refractivity contribution in [2.24, 2.45) is 0 Å². The molecule has 0 atom stereocenters. The fraction of sp³-hybridized carbons (Fsp3) is 0.500. The lowest BCUT2D eigenvalue weighted by molar-refractivity contribution is 0.132. The number of aryl methyl sites for hydroxylation is 2. The minimum Gasteiger partial charge on any atom is -0.344 e. The zero-order chi connectivity index (χ0) is 12.9. The first-order chi connectivity index (χ1) is 8.58. The summed E-state index contributed by atoms with van der Waals surface area (Å²) in [5.74, 6) is 0. The van der Waals surface area contributed by atoms with Gasteiger partial charge in [0.2, 0.25) is 0 Å². The fourth-order valence-corrected chi connectivity index (χ4v) is 3.05. The van der Waals surface area contributed by atoms with Crippen LogP contribution < -0.4 is 0 Å². The highest BCUT2D eigenvalue weighted by Gasteiger charge is 2.32. The molecule has 0 N–H and O–H groups in total. The molecule has 1 aliphatic rings. The minimum atomic E-state index is 0.690. The Morgan fingerprint density at radius 1 is 1.11 bits per heavy atom. The molecule has 18 heavy (non-hydrogen) atoms. The lowest BCUT2D eigenvalue weighted by Gasteiger charge is -2.41. The third-order valence-corrected chi connectivity index (χ3v) is 4.62. The summed E-state index contributed by atoms with van der Waals surface area (Å²) >= 11 is 0. The van der Waals surface area contributed by atoms with E-state index in [0.29, 0.717) is 6.04 Å². The third-order valence-electron chi connectivity index (χ3n) is 4.62. The van der Waals surface area contributed by atoms with Crippen LogP contribution in [0.5, 0.6) is 0 Å². The van der Waals surface area contributed by atoms with Crippen LogP contribution in [-0.4, -0.2) is 29.6 Å². The predicted molar refractivity (Wildman–Crippen MR) is 77.2 cm³/mol. The number of rotatable bonds is 2. The Morgan fingerprint density at radius 3 is 2.50 bits per heavy atom. The Hall–Kier alpha value is -1.28. The predicted octanol–water partition coefficient (Wildman–Crippen LogP) is 3.52. The van der Waals surface area contributed by atoms with Gasteiger partial charge in [-0.05, 0) is 63.4 Å². The molecule has 1 aromatic heterocycles. The average molecular weight is 242 g/mol. The smallest absolute Gasteiger partial charge is 0.0515 e. The summed E-state index contributed by atoms with van der Waals surface area (Å²) in [7, 11) is 4.37. The number of fused-ring (bicyclic) bond motifs is 1. The Kier molecular flexibility index (Phi) is 2.70. The van der Waals surface area contributed by atoms with Gasteiger partial charge in [0.15, 0.2) is 0 Å². The van der Waals surface area contributed by atoms with Gasteiger partial charge in [0.25, 0.3) is 0 Å². The SMILES string of the molecule is Cc1ccc2ccn(C3CC(N(C)C)C3)c2c1C. The first kappa shape index (κ1) is 11.8. The minimum absolute atomic E-state index is 0.690. The molecule has 1 aromatic carbocycles. The second-order valence-corrected chi connectivity index (χ2v) is 5.91. The highest BCUT2D eigenvalue weighted by Crippen LogP contribution is 2.38. The molecule has 0 aliphatic heterocycles. The average Bonchev–Trinajstić information content (AvgIpc) is 2.66. The summed E-state index contributed by atoms with van der Waals surface area (Å²) in [5, 5.41) is 1.38. The number of benzene rings is 1. The van der Waals surface area contributed by atoms with E-state index in [1.54, 1.807) is 0 Å². The first-order valence-corrected chi connectivity index (χ1v) is 6.81. The maximum Gasteiger partial charge on any atom is 0.0515 e. The van der Waals surface area contributed by atoms with Gasteiger partial charge < -0.3 is 9.47 Å². The number of nitrogens with zero attached hydrogens (tertiary/aromatic N) is 2. The molecule has 1 heterocycles. The zero-order valence-corrected chi connectivity index (χ0v) is 11.8. The second-order valence-electron chi connectivity index (χ2n) is 5.91. The topological polar surface area (TPSA) is 8.17 Å². The number of hydrogen-bond acceptors (Lipinski definition) is 1. The fourth-order valence-electron chi connectivity index (χ4n) is 3.05. The van der Waals surface area contributed by atoms with E-state index in [1.807, 2.05) is 0 Å². The van der Waals surface area contributed by atoms with E-state index in [0.717, 1.165) is 6.04 Å². The van der Waals surface area contributed by atoms with Gasteiger partial charge in [-0.15, -0.1) is 0 Å². The number of aromatic nitrogens is 1. The molecule has 2 aromatic rings. The molecule has 0 amide bonds. The van der Waals surface area contributed by atoms with E-state index >= 15 is 0 Å². The molecule has 0 radical (unpaired) electrons. The van der Waals surface area contributed by atoms with Gasteiger partial charge in [-0.25, -0.2) is 0 Å². The van der Waals surface area contributed by atoms with Crippen molar-refractivity contribution in [1.29, 1.82) is 0 Å². The van der Waals surface area contributed by atoms with E-state index < -0.39 is 0 Å². The molecule has 1 fully saturated rings. The van der Waals surface area contributed by atoms with Gasteiger partial charge in [0, 0.05) is 18.3 Å². The molecule has 2 nitrogen and oxygen atoms in total. The summed E-state index contributed by atoms with van der Waals surface area (Å²) in [6.07, 6.45) is 4.84. The van der Waals surface area contributed by atoms with Crippen LogP contribution in [0.4, 0.5) is 0 Å². The second kappa shape index (κ2) is 4.13. The van der Waals surface area contributed by atoms with Crippen molar-refractivity contribution >= 4 is 10.9 Å². The van der Waals surface area contributed by atoms with E-state index in [1.165, 1.54) is 34.9 Å². The number of hydrogen-bond donors (Lipinski definition) is 0. The molecule has 0 bridgehead atoms. The van der Waals surface area contributed by atoms with Crippen molar-refractivity contribution < 1.29 is 0 Å². The third kappa shape index (κ3) is 1.67. The van der Waals surface area contributed by atoms with Gasteiger partial charge in [-0.1, -0.05) is 12.1 Å². The lowest BCUT2D eigenvalue weighted by Crippen LogP contribution is -2.41. The Bertz CT molecular complexity index is 574. The van der Waals surface area contributed by atoms with E-state index in [-0.39, 0.29) is 0 Å². The van der Waals surface area contributed by atoms with Crippen LogP contribution in [0, 0.1) is 13.8 Å². The molecule has 3 rings (SSSR count). The molecular weight excluding hydrogens is 220 g/mol. The summed E-state index contributed by atoms with van der Waals surface area (Å²) in [6.45, 7) is 4.45. The Labute approximate surface area is 109 Å². The van der Waals surface area contributed by atoms with Crippen LogP contribution in [0.2, 0.25) is 0 Å². The summed E-state index contributed by atoms with van der Waals surface area (Å²) in [4.78, 5) is 2.35. The molecule has 2 heteroatoms. The molecular formula is C16H22N2. The van der Waals surface area contributed by atoms with Crippen LogP contribution in [0.1, 0.15) is 30.0 Å². The van der Waals surface area contributed by atoms with Crippen LogP contribution in [0.15, 0.2) is 24.4 Å². The Morgan fingerprint density at radius 2 is 1.83 bits per heavy atom. The van der Waals surface area contributed by atoms with Crippen LogP contribution in [-0.2, 0) is 0 Å². The molecule has 96 valence electrons. The monoisotopic (exact) mass is 242 g/mol. The summed E-state index contributed by atoms with van der Waals surface area (Å²) < 4.78 is 2.50. The first-order valence-electron chi connectivity index (χ1n) is 6.81. The highest BCUT2D eigenvalue weighted by molar-refractivity contribution is 5.84. The molecule has 1 aliphatic carbocycles. The van der Waals surface area contributed by atoms with Gasteiger partial charge in [-0.3, -0.25) is 0 Å². The quantitative estimate of drug-likeness (QED) is 0.782. The maximum atomic E-state index is 2.50. The summed E-state index contributed by atoms with van der Waals surface area (Å²) in [5.41, 5.74) is 4.27. The molecule has 0 saturated heterocycles. The van der Waals surface area contributed by atoms with Gasteiger partial charge in [0.1, 0.15) is 0 Å². The summed E-state index contributed by atoms with van der Waals surface area (Å²) in [6, 6.07) is 8.18. The van der Waals surface area contributed by atoms with Crippen LogP contribution >= 0.6 is 0 Å². The normalized spacial score (nSPS) is 23.6. The molecule has 0 spiro atoms. The van der Waals surface area contributed by atoms with Gasteiger partial charge in [0.05, 0.1) is 5.52 Å². The zero-order valence-electron chi connectivity index (χ0n) is 11.8. The molecule has 0 unspecified atom stereocenters. The van der Waals surface area contributed by atoms with E-state index in [4.69, 9.17) is 0 Å². The Balaban J connectivity index is 1.97. The van der Waals surface area contributed by atoms with Crippen molar-refractivity contribution in [3.8, 4) is 0 Å². The van der Waals surface area contributed by atoms with E-state index in [2.05, 4.69) is 61.8 Å². The molecule has 1 saturated carbocycles. The largest absolute Gasteiger partial charge is 0.344 e. The van der Waals surface area contributed by atoms with Crippen molar-refractivity contribution in [3.05, 3.63) is 35.5 Å². The maximum absolute atomic E-state index is 2.50. The highest BCUT2D eigenvalue weighted by atomic mass is 15.1. The van der Waals surface area contributed by atoms with Crippen molar-refractivity contribution in [1.82, 2.24) is 9.47 Å². The standard InChI is InChI=1S/C16H22N2/c1-11-5-6-13-7-8-18(16(13)12(11)2)15-9-14(10-15)17(3)4/h5-8,14-15H,9-10H2,1-4H3.